The molecule has 1 amide bonds. The highest BCUT2D eigenvalue weighted by Crippen LogP contribution is 2.30. The van der Waals surface area contributed by atoms with Gasteiger partial charge in [-0.15, -0.1) is 0 Å². The number of carbonyl (C=O) groups excluding carboxylic acids is 1. The van der Waals surface area contributed by atoms with E-state index >= 15 is 0 Å². The van der Waals surface area contributed by atoms with Gasteiger partial charge in [0, 0.05) is 33.4 Å². The van der Waals surface area contributed by atoms with Crippen LogP contribution in [0.2, 0.25) is 5.02 Å². The second-order valence-electron chi connectivity index (χ2n) is 5.22. The quantitative estimate of drug-likeness (QED) is 0.904. The van der Waals surface area contributed by atoms with Gasteiger partial charge in [-0.05, 0) is 30.5 Å². The molecule has 4 nitrogen and oxygen atoms in total. The van der Waals surface area contributed by atoms with Gasteiger partial charge in [0.2, 0.25) is 5.91 Å². The lowest BCUT2D eigenvalue weighted by Crippen LogP contribution is -2.43. The number of amides is 1. The second kappa shape index (κ2) is 5.84. The summed E-state index contributed by atoms with van der Waals surface area (Å²) in [5, 5.41) is 3.92. The maximum absolute atomic E-state index is 12.2. The normalized spacial score (nSPS) is 30.8. The number of halogens is 1. The van der Waals surface area contributed by atoms with Crippen molar-refractivity contribution in [2.75, 3.05) is 18.1 Å². The fraction of sp³-hybridized carbons (Fsp3) is 0.500. The van der Waals surface area contributed by atoms with Crippen LogP contribution in [0.5, 0.6) is 0 Å². The average molecular weight is 313 g/mol. The molecule has 0 bridgehead atoms. The first kappa shape index (κ1) is 14.0. The molecular weight excluding hydrogens is 296 g/mol. The third-order valence-electron chi connectivity index (χ3n) is 3.93. The average Bonchev–Trinajstić information content (AvgIpc) is 2.82. The van der Waals surface area contributed by atoms with E-state index in [1.54, 1.807) is 0 Å². The fourth-order valence-electron chi connectivity index (χ4n) is 2.95. The molecule has 0 radical (unpaired) electrons. The minimum Gasteiger partial charge on any atom is -0.319 e. The zero-order valence-electron chi connectivity index (χ0n) is 11.0. The van der Waals surface area contributed by atoms with Gasteiger partial charge in [0.05, 0.1) is 6.54 Å². The van der Waals surface area contributed by atoms with Crippen molar-refractivity contribution in [2.45, 2.75) is 25.0 Å². The summed E-state index contributed by atoms with van der Waals surface area (Å²) in [5.74, 6) is 1.50. The predicted octanol–water partition coefficient (Wildman–Crippen LogP) is 1.68. The maximum Gasteiger partial charge on any atom is 0.238 e. The Kier molecular flexibility index (Phi) is 4.10. The molecule has 0 aliphatic carbocycles. The van der Waals surface area contributed by atoms with Crippen LogP contribution in [0.1, 0.15) is 24.6 Å². The molecule has 1 aromatic carbocycles. The van der Waals surface area contributed by atoms with Crippen molar-refractivity contribution in [1.82, 2.24) is 10.2 Å². The van der Waals surface area contributed by atoms with Crippen molar-refractivity contribution in [3.63, 3.8) is 0 Å². The van der Waals surface area contributed by atoms with Gasteiger partial charge in [-0.25, -0.2) is 0 Å². The number of nitrogens with one attached hydrogen (secondary N) is 1. The smallest absolute Gasteiger partial charge is 0.238 e. The molecule has 2 saturated heterocycles. The van der Waals surface area contributed by atoms with E-state index in [9.17, 15) is 9.00 Å². The van der Waals surface area contributed by atoms with Crippen LogP contribution in [-0.4, -0.2) is 39.1 Å². The van der Waals surface area contributed by atoms with Crippen LogP contribution < -0.4 is 5.32 Å². The van der Waals surface area contributed by atoms with Crippen LogP contribution in [-0.2, 0) is 15.6 Å². The van der Waals surface area contributed by atoms with Crippen molar-refractivity contribution < 1.29 is 9.00 Å². The highest BCUT2D eigenvalue weighted by atomic mass is 35.5. The van der Waals surface area contributed by atoms with E-state index < -0.39 is 10.8 Å². The number of nitrogens with zero attached hydrogens (tertiary/aromatic N) is 1. The number of carbonyl (C=O) groups is 1. The van der Waals surface area contributed by atoms with E-state index in [1.807, 2.05) is 29.2 Å². The SMILES string of the molecule is O=C1CNC(c2cccc(Cl)c2)N1C1CCS(=O)CC1. The van der Waals surface area contributed by atoms with E-state index in [0.29, 0.717) is 23.1 Å². The van der Waals surface area contributed by atoms with Gasteiger partial charge in [-0.2, -0.15) is 0 Å². The molecule has 1 unspecified atom stereocenters. The predicted molar refractivity (Wildman–Crippen MR) is 79.9 cm³/mol. The second-order valence-corrected chi connectivity index (χ2v) is 7.35. The standard InChI is InChI=1S/C14H17ClN2O2S/c15-11-3-1-2-10(8-11)14-16-9-13(18)17(14)12-4-6-20(19)7-5-12/h1-3,8,12,14,16H,4-7,9H2. The van der Waals surface area contributed by atoms with Gasteiger partial charge in [0.25, 0.3) is 0 Å². The molecule has 6 heteroatoms. The molecular formula is C14H17ClN2O2S. The van der Waals surface area contributed by atoms with Crippen molar-refractivity contribution in [1.29, 1.82) is 0 Å². The maximum atomic E-state index is 12.2. The topological polar surface area (TPSA) is 49.4 Å². The van der Waals surface area contributed by atoms with Crippen molar-refractivity contribution in [2.24, 2.45) is 0 Å². The molecule has 2 fully saturated rings. The van der Waals surface area contributed by atoms with Gasteiger partial charge in [-0.3, -0.25) is 14.3 Å². The monoisotopic (exact) mass is 312 g/mol. The third kappa shape index (κ3) is 2.75. The molecule has 3 rings (SSSR count). The summed E-state index contributed by atoms with van der Waals surface area (Å²) in [6.45, 7) is 0.358. The van der Waals surface area contributed by atoms with Crippen LogP contribution in [0.15, 0.2) is 24.3 Å². The molecule has 1 aromatic rings. The Morgan fingerprint density at radius 2 is 2.05 bits per heavy atom. The van der Waals surface area contributed by atoms with Crippen molar-refractivity contribution in [3.8, 4) is 0 Å². The molecule has 0 aromatic heterocycles. The van der Waals surface area contributed by atoms with Crippen molar-refractivity contribution >= 4 is 28.3 Å². The lowest BCUT2D eigenvalue weighted by molar-refractivity contribution is -0.130. The third-order valence-corrected chi connectivity index (χ3v) is 5.55. The van der Waals surface area contributed by atoms with Gasteiger partial charge in [-0.1, -0.05) is 23.7 Å². The molecule has 1 N–H and O–H groups in total. The fourth-order valence-corrected chi connectivity index (χ4v) is 4.42. The zero-order chi connectivity index (χ0) is 14.1. The summed E-state index contributed by atoms with van der Waals surface area (Å²) >= 11 is 6.04. The van der Waals surface area contributed by atoms with Crippen LogP contribution in [0.3, 0.4) is 0 Å². The Morgan fingerprint density at radius 1 is 1.30 bits per heavy atom. The van der Waals surface area contributed by atoms with Gasteiger partial charge in [0.15, 0.2) is 0 Å². The first-order valence-corrected chi connectivity index (χ1v) is 8.67. The number of hydrogen-bond acceptors (Lipinski definition) is 3. The van der Waals surface area contributed by atoms with Crippen LogP contribution in [0, 0.1) is 0 Å². The molecule has 2 aliphatic heterocycles. The Balaban J connectivity index is 1.83. The molecule has 0 saturated carbocycles. The minimum absolute atomic E-state index is 0.113. The number of benzene rings is 1. The van der Waals surface area contributed by atoms with Gasteiger partial charge < -0.3 is 4.90 Å². The lowest BCUT2D eigenvalue weighted by atomic mass is 10.1. The van der Waals surface area contributed by atoms with E-state index in [-0.39, 0.29) is 18.1 Å². The van der Waals surface area contributed by atoms with Gasteiger partial charge in [0.1, 0.15) is 6.17 Å². The first-order chi connectivity index (χ1) is 9.65. The summed E-state index contributed by atoms with van der Waals surface area (Å²) in [6, 6.07) is 7.79. The summed E-state index contributed by atoms with van der Waals surface area (Å²) in [4.78, 5) is 14.1. The summed E-state index contributed by atoms with van der Waals surface area (Å²) < 4.78 is 11.5. The van der Waals surface area contributed by atoms with Gasteiger partial charge >= 0.3 is 0 Å². The Bertz CT molecular complexity index is 542. The van der Waals surface area contributed by atoms with E-state index in [4.69, 9.17) is 11.6 Å². The zero-order valence-corrected chi connectivity index (χ0v) is 12.6. The molecule has 2 heterocycles. The Hall–Kier alpha value is -0.910. The molecule has 108 valence electrons. The Labute approximate surface area is 125 Å². The molecule has 20 heavy (non-hydrogen) atoms. The Morgan fingerprint density at radius 3 is 2.75 bits per heavy atom. The molecule has 0 spiro atoms. The number of rotatable bonds is 2. The molecule has 2 aliphatic rings. The highest BCUT2D eigenvalue weighted by Gasteiger charge is 2.37. The largest absolute Gasteiger partial charge is 0.319 e. The first-order valence-electron chi connectivity index (χ1n) is 6.80. The highest BCUT2D eigenvalue weighted by molar-refractivity contribution is 7.85. The van der Waals surface area contributed by atoms with Crippen LogP contribution >= 0.6 is 11.6 Å². The summed E-state index contributed by atoms with van der Waals surface area (Å²) in [5.41, 5.74) is 1.01. The van der Waals surface area contributed by atoms with E-state index in [1.165, 1.54) is 0 Å². The van der Waals surface area contributed by atoms with E-state index in [2.05, 4.69) is 5.32 Å². The summed E-state index contributed by atoms with van der Waals surface area (Å²) in [6.07, 6.45) is 1.52. The van der Waals surface area contributed by atoms with Crippen LogP contribution in [0.25, 0.3) is 0 Å². The van der Waals surface area contributed by atoms with Crippen LogP contribution in [0.4, 0.5) is 0 Å². The summed E-state index contributed by atoms with van der Waals surface area (Å²) in [7, 11) is -0.711. The lowest BCUT2D eigenvalue weighted by Gasteiger charge is -2.35. The van der Waals surface area contributed by atoms with Crippen molar-refractivity contribution in [3.05, 3.63) is 34.9 Å². The minimum atomic E-state index is -0.711. The number of hydrogen-bond donors (Lipinski definition) is 1. The van der Waals surface area contributed by atoms with E-state index in [0.717, 1.165) is 18.4 Å². The molecule has 1 atom stereocenters.